The van der Waals surface area contributed by atoms with Gasteiger partial charge in [-0.25, -0.2) is 13.1 Å². The largest absolute Gasteiger partial charge is 0.484 e. The van der Waals surface area contributed by atoms with Crippen molar-refractivity contribution >= 4 is 33.3 Å². The molecular formula is C30H35N3O6S. The fraction of sp³-hybridized carbons (Fsp3) is 0.333. The van der Waals surface area contributed by atoms with E-state index < -0.39 is 22.0 Å². The van der Waals surface area contributed by atoms with Crippen molar-refractivity contribution in [3.05, 3.63) is 84.4 Å². The lowest BCUT2D eigenvalue weighted by molar-refractivity contribution is -0.148. The zero-order valence-electron chi connectivity index (χ0n) is 22.7. The smallest absolute Gasteiger partial charge is 0.310 e. The van der Waals surface area contributed by atoms with Crippen LogP contribution in [0.2, 0.25) is 0 Å². The number of para-hydroxylation sites is 1. The van der Waals surface area contributed by atoms with Crippen molar-refractivity contribution in [1.82, 2.24) is 4.72 Å². The number of ether oxygens (including phenoxy) is 2. The molecule has 0 aliphatic carbocycles. The Labute approximate surface area is 235 Å². The second-order valence-electron chi connectivity index (χ2n) is 9.62. The number of nitrogens with zero attached hydrogens (tertiary/aromatic N) is 1. The van der Waals surface area contributed by atoms with Gasteiger partial charge in [-0.15, -0.1) is 0 Å². The molecule has 2 atom stereocenters. The number of carbonyl (C=O) groups is 2. The summed E-state index contributed by atoms with van der Waals surface area (Å²) in [5.74, 6) is -0.507. The van der Waals surface area contributed by atoms with E-state index in [4.69, 9.17) is 9.47 Å². The predicted octanol–water partition coefficient (Wildman–Crippen LogP) is 4.52. The van der Waals surface area contributed by atoms with E-state index in [1.54, 1.807) is 50.2 Å². The van der Waals surface area contributed by atoms with Crippen LogP contribution in [0.25, 0.3) is 0 Å². The van der Waals surface area contributed by atoms with Gasteiger partial charge in [0.15, 0.2) is 6.61 Å². The molecule has 40 heavy (non-hydrogen) atoms. The number of sulfonamides is 1. The third-order valence-corrected chi connectivity index (χ3v) is 8.23. The van der Waals surface area contributed by atoms with E-state index >= 15 is 0 Å². The first-order chi connectivity index (χ1) is 19.3. The Morgan fingerprint density at radius 1 is 1.02 bits per heavy atom. The van der Waals surface area contributed by atoms with E-state index in [0.29, 0.717) is 49.7 Å². The number of rotatable bonds is 11. The molecule has 212 valence electrons. The number of carbonyl (C=O) groups excluding carboxylic acids is 2. The van der Waals surface area contributed by atoms with Crippen molar-refractivity contribution in [3.8, 4) is 5.75 Å². The highest BCUT2D eigenvalue weighted by Crippen LogP contribution is 2.33. The molecule has 0 bridgehead atoms. The lowest BCUT2D eigenvalue weighted by Crippen LogP contribution is -2.40. The summed E-state index contributed by atoms with van der Waals surface area (Å²) in [6, 6.07) is 22.5. The van der Waals surface area contributed by atoms with Gasteiger partial charge >= 0.3 is 5.97 Å². The minimum absolute atomic E-state index is 0.0153. The summed E-state index contributed by atoms with van der Waals surface area (Å²) >= 11 is 0. The van der Waals surface area contributed by atoms with Gasteiger partial charge in [0, 0.05) is 24.8 Å². The molecule has 1 saturated heterocycles. The Hall–Kier alpha value is -3.89. The maximum Gasteiger partial charge on any atom is 0.310 e. The van der Waals surface area contributed by atoms with Crippen LogP contribution < -0.4 is 19.7 Å². The van der Waals surface area contributed by atoms with Crippen LogP contribution in [-0.2, 0) is 24.3 Å². The van der Waals surface area contributed by atoms with E-state index in [1.165, 1.54) is 6.07 Å². The van der Waals surface area contributed by atoms with Gasteiger partial charge in [0.05, 0.1) is 18.2 Å². The monoisotopic (exact) mass is 565 g/mol. The maximum absolute atomic E-state index is 13.8. The highest BCUT2D eigenvalue weighted by molar-refractivity contribution is 7.89. The molecule has 0 unspecified atom stereocenters. The van der Waals surface area contributed by atoms with Gasteiger partial charge in [0.1, 0.15) is 10.6 Å². The third-order valence-electron chi connectivity index (χ3n) is 6.66. The summed E-state index contributed by atoms with van der Waals surface area (Å²) in [6.07, 6.45) is 1.39. The summed E-state index contributed by atoms with van der Waals surface area (Å²) in [5.41, 5.74) is 1.59. The molecule has 0 radical (unpaired) electrons. The Morgan fingerprint density at radius 3 is 2.42 bits per heavy atom. The third kappa shape index (κ3) is 7.61. The highest BCUT2D eigenvalue weighted by Gasteiger charge is 2.31. The van der Waals surface area contributed by atoms with Crippen LogP contribution in [0, 0.1) is 5.92 Å². The molecule has 2 N–H and O–H groups in total. The van der Waals surface area contributed by atoms with Crippen LogP contribution in [-0.4, -0.2) is 46.6 Å². The molecule has 1 aliphatic heterocycles. The second-order valence-corrected chi connectivity index (χ2v) is 11.3. The number of esters is 1. The Bertz CT molecular complexity index is 1400. The average molecular weight is 566 g/mol. The van der Waals surface area contributed by atoms with Gasteiger partial charge in [0.25, 0.3) is 5.91 Å². The van der Waals surface area contributed by atoms with E-state index in [-0.39, 0.29) is 23.4 Å². The van der Waals surface area contributed by atoms with Crippen LogP contribution in [0.5, 0.6) is 5.75 Å². The molecule has 4 rings (SSSR count). The molecule has 1 amide bonds. The molecule has 1 heterocycles. The first kappa shape index (κ1) is 29.1. The normalized spacial score (nSPS) is 16.1. The maximum atomic E-state index is 13.8. The predicted molar refractivity (Wildman–Crippen MR) is 154 cm³/mol. The SMILES string of the molecule is CCOC(=O)[C@@H]1CCCN(c2ccc(NC(=O)COc3ccccc3)cc2S(=O)(=O)N[C@@H](C)c2ccccc2)C1. The number of piperidine rings is 1. The van der Waals surface area contributed by atoms with Crippen molar-refractivity contribution in [2.45, 2.75) is 37.6 Å². The number of hydrogen-bond acceptors (Lipinski definition) is 7. The van der Waals surface area contributed by atoms with E-state index in [9.17, 15) is 18.0 Å². The first-order valence-electron chi connectivity index (χ1n) is 13.4. The number of anilines is 2. The van der Waals surface area contributed by atoms with Crippen LogP contribution in [0.1, 0.15) is 38.3 Å². The average Bonchev–Trinajstić information content (AvgIpc) is 2.97. The van der Waals surface area contributed by atoms with E-state index in [0.717, 1.165) is 5.56 Å². The highest BCUT2D eigenvalue weighted by atomic mass is 32.2. The fourth-order valence-corrected chi connectivity index (χ4v) is 6.17. The van der Waals surface area contributed by atoms with Crippen molar-refractivity contribution in [2.24, 2.45) is 5.92 Å². The number of hydrogen-bond donors (Lipinski definition) is 2. The quantitative estimate of drug-likeness (QED) is 0.329. The molecule has 0 aromatic heterocycles. The van der Waals surface area contributed by atoms with Gasteiger partial charge in [0.2, 0.25) is 10.0 Å². The molecule has 1 fully saturated rings. The summed E-state index contributed by atoms with van der Waals surface area (Å²) in [5, 5.41) is 2.73. The van der Waals surface area contributed by atoms with Crippen LogP contribution in [0.4, 0.5) is 11.4 Å². The van der Waals surface area contributed by atoms with Gasteiger partial charge in [-0.1, -0.05) is 48.5 Å². The Balaban J connectivity index is 1.60. The van der Waals surface area contributed by atoms with Crippen molar-refractivity contribution < 1.29 is 27.5 Å². The molecule has 0 saturated carbocycles. The summed E-state index contributed by atoms with van der Waals surface area (Å²) in [4.78, 5) is 27.0. The first-order valence-corrected chi connectivity index (χ1v) is 14.9. The van der Waals surface area contributed by atoms with Crippen molar-refractivity contribution in [2.75, 3.05) is 36.5 Å². The fourth-order valence-electron chi connectivity index (χ4n) is 4.69. The number of benzene rings is 3. The lowest BCUT2D eigenvalue weighted by atomic mass is 9.97. The summed E-state index contributed by atoms with van der Waals surface area (Å²) in [7, 11) is -4.04. The molecule has 9 nitrogen and oxygen atoms in total. The number of nitrogens with one attached hydrogen (secondary N) is 2. The molecule has 10 heteroatoms. The molecule has 1 aliphatic rings. The Kier molecular flexibility index (Phi) is 9.79. The zero-order valence-corrected chi connectivity index (χ0v) is 23.5. The molecule has 3 aromatic carbocycles. The minimum atomic E-state index is -4.04. The van der Waals surface area contributed by atoms with Crippen LogP contribution in [0.15, 0.2) is 83.8 Å². The van der Waals surface area contributed by atoms with E-state index in [2.05, 4.69) is 10.0 Å². The van der Waals surface area contributed by atoms with Gasteiger partial charge in [-0.3, -0.25) is 9.59 Å². The van der Waals surface area contributed by atoms with Crippen molar-refractivity contribution in [1.29, 1.82) is 0 Å². The molecule has 0 spiro atoms. The van der Waals surface area contributed by atoms with Gasteiger partial charge < -0.3 is 19.7 Å². The standard InChI is InChI=1S/C30H35N3O6S/c1-3-38-30(35)24-13-10-18-33(20-24)27-17-16-25(31-29(34)21-39-26-14-8-5-9-15-26)19-28(27)40(36,37)32-22(2)23-11-6-4-7-12-23/h4-9,11-12,14-17,19,22,24,32H,3,10,13,18,20-21H2,1-2H3,(H,31,34)/t22-,24+/m0/s1. The summed E-state index contributed by atoms with van der Waals surface area (Å²) < 4.78 is 41.1. The number of amides is 1. The Morgan fingerprint density at radius 2 is 1.73 bits per heavy atom. The van der Waals surface area contributed by atoms with Crippen LogP contribution in [0.3, 0.4) is 0 Å². The van der Waals surface area contributed by atoms with E-state index in [1.807, 2.05) is 41.3 Å². The van der Waals surface area contributed by atoms with Crippen LogP contribution >= 0.6 is 0 Å². The topological polar surface area (TPSA) is 114 Å². The van der Waals surface area contributed by atoms with Gasteiger partial charge in [-0.2, -0.15) is 0 Å². The van der Waals surface area contributed by atoms with Gasteiger partial charge in [-0.05, 0) is 62.6 Å². The van der Waals surface area contributed by atoms with Crippen molar-refractivity contribution in [3.63, 3.8) is 0 Å². The lowest BCUT2D eigenvalue weighted by Gasteiger charge is -2.34. The summed E-state index contributed by atoms with van der Waals surface area (Å²) in [6.45, 7) is 4.52. The molecular weight excluding hydrogens is 530 g/mol. The second kappa shape index (κ2) is 13.5. The molecule has 3 aromatic rings. The zero-order chi connectivity index (χ0) is 28.5. The minimum Gasteiger partial charge on any atom is -0.484 e.